The predicted octanol–water partition coefficient (Wildman–Crippen LogP) is 3.28. The zero-order chi connectivity index (χ0) is 12.4. The van der Waals surface area contributed by atoms with E-state index in [0.29, 0.717) is 12.1 Å². The summed E-state index contributed by atoms with van der Waals surface area (Å²) in [5, 5.41) is 0. The molecule has 0 N–H and O–H groups in total. The van der Waals surface area contributed by atoms with Crippen LogP contribution in [0.15, 0.2) is 18.2 Å². The molecule has 89 valence electrons. The largest absolute Gasteiger partial charge is 0.573 e. The second kappa shape index (κ2) is 4.11. The molecule has 0 amide bonds. The maximum absolute atomic E-state index is 11.8. The Kier molecular flexibility index (Phi) is 3.20. The molecule has 16 heavy (non-hydrogen) atoms. The minimum absolute atomic E-state index is 0.592. The van der Waals surface area contributed by atoms with E-state index in [1.807, 2.05) is 0 Å². The zero-order valence-corrected chi connectivity index (χ0v) is 7.32. The maximum atomic E-state index is 11.8. The lowest BCUT2D eigenvalue weighted by atomic mass is 10.3. The summed E-state index contributed by atoms with van der Waals surface area (Å²) in [4.78, 5) is 0. The van der Waals surface area contributed by atoms with E-state index in [2.05, 4.69) is 15.5 Å². The van der Waals surface area contributed by atoms with Crippen molar-refractivity contribution in [2.24, 2.45) is 0 Å². The van der Waals surface area contributed by atoms with Gasteiger partial charge in [0.1, 0.15) is 0 Å². The smallest absolute Gasteiger partial charge is 0.402 e. The molecule has 0 spiro atoms. The Labute approximate surface area is 85.4 Å². The van der Waals surface area contributed by atoms with Gasteiger partial charge in [-0.15, -0.1) is 26.3 Å². The van der Waals surface area contributed by atoms with Gasteiger partial charge in [-0.2, -0.15) is 0 Å². The summed E-state index contributed by atoms with van der Waals surface area (Å²) in [5.41, 5.74) is 0. The fraction of sp³-hybridized carbons (Fsp3) is 0.250. The van der Waals surface area contributed by atoms with Gasteiger partial charge in [0.05, 0.1) is 0 Å². The van der Waals surface area contributed by atoms with Gasteiger partial charge in [-0.1, -0.05) is 6.07 Å². The zero-order valence-electron chi connectivity index (χ0n) is 7.32. The van der Waals surface area contributed by atoms with Crippen LogP contribution in [0.25, 0.3) is 0 Å². The molecule has 0 saturated heterocycles. The Bertz CT molecular complexity index is 321. The monoisotopic (exact) mass is 245 g/mol. The molecule has 1 aromatic rings. The molecule has 0 unspecified atom stereocenters. The second-order valence-corrected chi connectivity index (χ2v) is 2.47. The molecule has 1 rings (SSSR count). The van der Waals surface area contributed by atoms with Crippen molar-refractivity contribution in [1.82, 2.24) is 0 Å². The fourth-order valence-corrected chi connectivity index (χ4v) is 0.814. The lowest BCUT2D eigenvalue weighted by Crippen LogP contribution is -2.21. The molecule has 0 heterocycles. The minimum atomic E-state index is -5.10. The molecular weight excluding hydrogens is 242 g/mol. The lowest BCUT2D eigenvalue weighted by Gasteiger charge is -2.14. The van der Waals surface area contributed by atoms with E-state index in [1.165, 1.54) is 0 Å². The number of halogens is 6. The van der Waals surface area contributed by atoms with Gasteiger partial charge in [0, 0.05) is 0 Å². The summed E-state index contributed by atoms with van der Waals surface area (Å²) in [6, 6.07) is 4.35. The number of hydrogen-bond acceptors (Lipinski definition) is 2. The molecule has 0 fully saturated rings. The van der Waals surface area contributed by atoms with Crippen LogP contribution >= 0.6 is 0 Å². The summed E-state index contributed by atoms with van der Waals surface area (Å²) in [7, 11) is 0. The molecule has 0 atom stereocenters. The highest BCUT2D eigenvalue weighted by atomic mass is 19.4. The van der Waals surface area contributed by atoms with Crippen molar-refractivity contribution in [2.75, 3.05) is 0 Å². The number of alkyl halides is 6. The van der Waals surface area contributed by atoms with Crippen LogP contribution in [0.2, 0.25) is 0 Å². The average molecular weight is 245 g/mol. The van der Waals surface area contributed by atoms with Crippen LogP contribution in [0.4, 0.5) is 26.3 Å². The fourth-order valence-electron chi connectivity index (χ4n) is 0.814. The standard InChI is InChI=1S/C8H3F6O2/c9-7(10,11)15-5-3-1-2-4-6(5)16-8(12,13)14/h1,3-4H. The number of ether oxygens (including phenoxy) is 2. The van der Waals surface area contributed by atoms with Gasteiger partial charge in [0.15, 0.2) is 11.5 Å². The normalized spacial score (nSPS) is 12.4. The third-order valence-corrected chi connectivity index (χ3v) is 1.24. The molecule has 1 aromatic carbocycles. The molecule has 0 aromatic heterocycles. The Morgan fingerprint density at radius 3 is 1.88 bits per heavy atom. The summed E-state index contributed by atoms with van der Waals surface area (Å²) in [6.07, 6.45) is -10.2. The highest BCUT2D eigenvalue weighted by Crippen LogP contribution is 2.34. The summed E-state index contributed by atoms with van der Waals surface area (Å²) < 4.78 is 77.4. The molecule has 2 nitrogen and oxygen atoms in total. The molecular formula is C8H3F6O2. The van der Waals surface area contributed by atoms with Crippen molar-refractivity contribution in [1.29, 1.82) is 0 Å². The van der Waals surface area contributed by atoms with E-state index < -0.39 is 24.2 Å². The minimum Gasteiger partial charge on any atom is -0.402 e. The highest BCUT2D eigenvalue weighted by molar-refractivity contribution is 5.39. The first-order chi connectivity index (χ1) is 7.17. The van der Waals surface area contributed by atoms with Crippen LogP contribution < -0.4 is 9.47 Å². The van der Waals surface area contributed by atoms with Crippen LogP contribution in [-0.2, 0) is 0 Å². The van der Waals surface area contributed by atoms with E-state index in [-0.39, 0.29) is 0 Å². The van der Waals surface area contributed by atoms with Crippen LogP contribution in [0.5, 0.6) is 11.5 Å². The first kappa shape index (κ1) is 12.5. The summed E-state index contributed by atoms with van der Waals surface area (Å²) >= 11 is 0. The van der Waals surface area contributed by atoms with Crippen molar-refractivity contribution >= 4 is 0 Å². The van der Waals surface area contributed by atoms with Gasteiger partial charge >= 0.3 is 12.7 Å². The Morgan fingerprint density at radius 1 is 0.875 bits per heavy atom. The average Bonchev–Trinajstić information content (AvgIpc) is 2.03. The molecule has 0 aliphatic heterocycles. The van der Waals surface area contributed by atoms with Gasteiger partial charge in [-0.25, -0.2) is 0 Å². The van der Waals surface area contributed by atoms with Crippen molar-refractivity contribution in [3.63, 3.8) is 0 Å². The van der Waals surface area contributed by atoms with Crippen LogP contribution in [-0.4, -0.2) is 12.7 Å². The van der Waals surface area contributed by atoms with Gasteiger partial charge in [0.25, 0.3) is 0 Å². The van der Waals surface area contributed by atoms with Gasteiger partial charge < -0.3 is 9.47 Å². The van der Waals surface area contributed by atoms with E-state index in [4.69, 9.17) is 0 Å². The van der Waals surface area contributed by atoms with E-state index in [9.17, 15) is 26.3 Å². The Morgan fingerprint density at radius 2 is 1.38 bits per heavy atom. The maximum Gasteiger partial charge on any atom is 0.573 e. The molecule has 0 aliphatic rings. The predicted molar refractivity (Wildman–Crippen MR) is 38.6 cm³/mol. The summed E-state index contributed by atoms with van der Waals surface area (Å²) in [5.74, 6) is -2.18. The quantitative estimate of drug-likeness (QED) is 0.744. The van der Waals surface area contributed by atoms with Crippen molar-refractivity contribution in [3.8, 4) is 11.5 Å². The van der Waals surface area contributed by atoms with Gasteiger partial charge in [-0.05, 0) is 18.2 Å². The number of benzene rings is 1. The van der Waals surface area contributed by atoms with Crippen LogP contribution in [0.1, 0.15) is 0 Å². The third-order valence-electron chi connectivity index (χ3n) is 1.24. The van der Waals surface area contributed by atoms with Crippen molar-refractivity contribution in [3.05, 3.63) is 24.3 Å². The van der Waals surface area contributed by atoms with E-state index in [0.717, 1.165) is 6.07 Å². The molecule has 0 saturated carbocycles. The highest BCUT2D eigenvalue weighted by Gasteiger charge is 2.36. The van der Waals surface area contributed by atoms with Gasteiger partial charge in [0.2, 0.25) is 0 Å². The van der Waals surface area contributed by atoms with Crippen molar-refractivity contribution in [2.45, 2.75) is 12.7 Å². The van der Waals surface area contributed by atoms with E-state index >= 15 is 0 Å². The first-order valence-electron chi connectivity index (χ1n) is 3.69. The molecule has 8 heteroatoms. The van der Waals surface area contributed by atoms with Crippen LogP contribution in [0, 0.1) is 6.07 Å². The van der Waals surface area contributed by atoms with E-state index in [1.54, 1.807) is 0 Å². The third kappa shape index (κ3) is 4.28. The number of rotatable bonds is 2. The van der Waals surface area contributed by atoms with Crippen LogP contribution in [0.3, 0.4) is 0 Å². The molecule has 0 bridgehead atoms. The topological polar surface area (TPSA) is 18.5 Å². The number of hydrogen-bond donors (Lipinski definition) is 0. The van der Waals surface area contributed by atoms with Crippen molar-refractivity contribution < 1.29 is 35.8 Å². The first-order valence-corrected chi connectivity index (χ1v) is 3.69. The molecule has 0 aliphatic carbocycles. The lowest BCUT2D eigenvalue weighted by molar-refractivity contribution is -0.287. The SMILES string of the molecule is FC(F)(F)Oc1c[c]ccc1OC(F)(F)F. The Hall–Kier alpha value is -1.60. The Balaban J connectivity index is 2.92. The molecule has 1 radical (unpaired) electrons. The van der Waals surface area contributed by atoms with Gasteiger partial charge in [-0.3, -0.25) is 0 Å². The summed E-state index contributed by atoms with van der Waals surface area (Å²) in [6.45, 7) is 0. The second-order valence-electron chi connectivity index (χ2n) is 2.47.